The molecule has 24 heavy (non-hydrogen) atoms. The Balaban J connectivity index is 2.74. The molecule has 1 aromatic rings. The summed E-state index contributed by atoms with van der Waals surface area (Å²) < 4.78 is 32.3. The van der Waals surface area contributed by atoms with E-state index < -0.39 is 16.1 Å². The number of nitrogens with one attached hydrogen (secondary N) is 2. The molecule has 0 aromatic heterocycles. The number of amides is 1. The van der Waals surface area contributed by atoms with Crippen LogP contribution in [0.25, 0.3) is 0 Å². The van der Waals surface area contributed by atoms with Crippen LogP contribution in [0.4, 0.5) is 0 Å². The van der Waals surface area contributed by atoms with Crippen molar-refractivity contribution in [2.45, 2.75) is 45.1 Å². The van der Waals surface area contributed by atoms with Crippen LogP contribution in [0.2, 0.25) is 5.02 Å². The molecule has 6 nitrogen and oxygen atoms in total. The van der Waals surface area contributed by atoms with E-state index in [2.05, 4.69) is 10.0 Å². The molecule has 0 saturated carbocycles. The molecule has 0 bridgehead atoms. The molecule has 8 heteroatoms. The second kappa shape index (κ2) is 9.25. The quantitative estimate of drug-likeness (QED) is 0.693. The molecule has 2 N–H and O–H groups in total. The summed E-state index contributed by atoms with van der Waals surface area (Å²) in [5.41, 5.74) is 0. The summed E-state index contributed by atoms with van der Waals surface area (Å²) in [4.78, 5) is 11.9. The lowest BCUT2D eigenvalue weighted by Gasteiger charge is -2.15. The van der Waals surface area contributed by atoms with E-state index in [0.717, 1.165) is 6.42 Å². The Bertz CT molecular complexity index is 662. The first kappa shape index (κ1) is 20.7. The highest BCUT2D eigenvalue weighted by Crippen LogP contribution is 2.27. The van der Waals surface area contributed by atoms with E-state index in [-0.39, 0.29) is 15.8 Å². The average Bonchev–Trinajstić information content (AvgIpc) is 2.48. The fourth-order valence-electron chi connectivity index (χ4n) is 1.91. The Morgan fingerprint density at radius 1 is 1.29 bits per heavy atom. The molecule has 136 valence electrons. The zero-order valence-corrected chi connectivity index (χ0v) is 16.0. The highest BCUT2D eigenvalue weighted by Gasteiger charge is 2.22. The minimum atomic E-state index is -3.85. The number of carbonyl (C=O) groups is 1. The summed E-state index contributed by atoms with van der Waals surface area (Å²) in [5, 5.41) is 2.92. The van der Waals surface area contributed by atoms with Crippen molar-refractivity contribution in [1.29, 1.82) is 0 Å². The van der Waals surface area contributed by atoms with Gasteiger partial charge in [0, 0.05) is 6.54 Å². The van der Waals surface area contributed by atoms with Crippen molar-refractivity contribution in [2.24, 2.45) is 5.92 Å². The van der Waals surface area contributed by atoms with Crippen LogP contribution in [-0.2, 0) is 14.8 Å². The topological polar surface area (TPSA) is 84.5 Å². The Hall–Kier alpha value is -1.31. The van der Waals surface area contributed by atoms with E-state index in [0.29, 0.717) is 24.8 Å². The third-order valence-corrected chi connectivity index (χ3v) is 5.09. The third kappa shape index (κ3) is 6.30. The van der Waals surface area contributed by atoms with Gasteiger partial charge in [-0.1, -0.05) is 25.4 Å². The van der Waals surface area contributed by atoms with Crippen molar-refractivity contribution in [2.75, 3.05) is 13.2 Å². The first-order chi connectivity index (χ1) is 11.2. The van der Waals surface area contributed by atoms with Crippen molar-refractivity contribution in [3.63, 3.8) is 0 Å². The number of carbonyl (C=O) groups excluding carboxylic acids is 1. The van der Waals surface area contributed by atoms with E-state index in [1.54, 1.807) is 0 Å². The van der Waals surface area contributed by atoms with Gasteiger partial charge in [0.25, 0.3) is 0 Å². The fraction of sp³-hybridized carbons (Fsp3) is 0.562. The van der Waals surface area contributed by atoms with E-state index >= 15 is 0 Å². The lowest BCUT2D eigenvalue weighted by atomic mass is 10.1. The number of hydrogen-bond acceptors (Lipinski definition) is 4. The van der Waals surface area contributed by atoms with Crippen molar-refractivity contribution in [1.82, 2.24) is 10.0 Å². The largest absolute Gasteiger partial charge is 0.492 e. The van der Waals surface area contributed by atoms with E-state index in [9.17, 15) is 13.2 Å². The number of sulfonamides is 1. The zero-order chi connectivity index (χ0) is 18.3. The Morgan fingerprint density at radius 3 is 2.50 bits per heavy atom. The molecule has 0 fully saturated rings. The van der Waals surface area contributed by atoms with Crippen LogP contribution in [-0.4, -0.2) is 33.5 Å². The number of halogens is 1. The molecule has 1 aromatic carbocycles. The smallest absolute Gasteiger partial charge is 0.241 e. The fourth-order valence-corrected chi connectivity index (χ4v) is 3.44. The highest BCUT2D eigenvalue weighted by molar-refractivity contribution is 7.89. The SMILES string of the molecule is CCOc1ccc(S(=O)(=O)N[C@H](C)C(=O)NCCC(C)C)cc1Cl. The Morgan fingerprint density at radius 2 is 1.96 bits per heavy atom. The van der Waals surface area contributed by atoms with Crippen LogP contribution in [0.1, 0.15) is 34.1 Å². The molecule has 0 spiro atoms. The van der Waals surface area contributed by atoms with Gasteiger partial charge >= 0.3 is 0 Å². The van der Waals surface area contributed by atoms with Gasteiger partial charge in [0.2, 0.25) is 15.9 Å². The lowest BCUT2D eigenvalue weighted by molar-refractivity contribution is -0.122. The summed E-state index contributed by atoms with van der Waals surface area (Å²) >= 11 is 6.01. The first-order valence-corrected chi connectivity index (χ1v) is 9.75. The van der Waals surface area contributed by atoms with Crippen LogP contribution >= 0.6 is 11.6 Å². The molecule has 0 aliphatic rings. The van der Waals surface area contributed by atoms with E-state index in [1.165, 1.54) is 25.1 Å². The van der Waals surface area contributed by atoms with Crippen LogP contribution in [0.5, 0.6) is 5.75 Å². The molecular weight excluding hydrogens is 352 g/mol. The van der Waals surface area contributed by atoms with Crippen LogP contribution in [0, 0.1) is 5.92 Å². The van der Waals surface area contributed by atoms with Crippen LogP contribution < -0.4 is 14.8 Å². The van der Waals surface area contributed by atoms with E-state index in [4.69, 9.17) is 16.3 Å². The van der Waals surface area contributed by atoms with Gasteiger partial charge in [0.1, 0.15) is 5.75 Å². The molecule has 1 rings (SSSR count). The maximum Gasteiger partial charge on any atom is 0.241 e. The summed E-state index contributed by atoms with van der Waals surface area (Å²) in [6.45, 7) is 8.34. The van der Waals surface area contributed by atoms with Gasteiger partial charge < -0.3 is 10.1 Å². The third-order valence-electron chi connectivity index (χ3n) is 3.26. The number of benzene rings is 1. The maximum absolute atomic E-state index is 12.4. The van der Waals surface area contributed by atoms with Crippen molar-refractivity contribution >= 4 is 27.5 Å². The Labute approximate surface area is 149 Å². The van der Waals surface area contributed by atoms with Gasteiger partial charge in [-0.15, -0.1) is 0 Å². The summed E-state index contributed by atoms with van der Waals surface area (Å²) in [5.74, 6) is 0.511. The molecule has 1 atom stereocenters. The minimum absolute atomic E-state index is 0.0159. The maximum atomic E-state index is 12.4. The molecular formula is C16H25ClN2O4S. The van der Waals surface area contributed by atoms with E-state index in [1.807, 2.05) is 20.8 Å². The molecule has 0 aliphatic heterocycles. The predicted octanol–water partition coefficient (Wildman–Crippen LogP) is 2.57. The van der Waals surface area contributed by atoms with Gasteiger partial charge in [0.15, 0.2) is 0 Å². The monoisotopic (exact) mass is 376 g/mol. The standard InChI is InChI=1S/C16H25ClN2O4S/c1-5-23-15-7-6-13(10-14(15)17)24(21,22)19-12(4)16(20)18-9-8-11(2)3/h6-7,10-12,19H,5,8-9H2,1-4H3,(H,18,20)/t12-/m1/s1. The number of rotatable bonds is 9. The molecule has 0 unspecified atom stereocenters. The molecule has 1 amide bonds. The number of ether oxygens (including phenoxy) is 1. The molecule has 0 heterocycles. The summed E-state index contributed by atoms with van der Waals surface area (Å²) in [6, 6.07) is 3.31. The first-order valence-electron chi connectivity index (χ1n) is 7.89. The highest BCUT2D eigenvalue weighted by atomic mass is 35.5. The van der Waals surface area contributed by atoms with Crippen LogP contribution in [0.15, 0.2) is 23.1 Å². The van der Waals surface area contributed by atoms with Gasteiger partial charge in [-0.3, -0.25) is 4.79 Å². The van der Waals surface area contributed by atoms with Crippen molar-refractivity contribution in [3.8, 4) is 5.75 Å². The zero-order valence-electron chi connectivity index (χ0n) is 14.4. The lowest BCUT2D eigenvalue weighted by Crippen LogP contribution is -2.45. The van der Waals surface area contributed by atoms with Crippen molar-refractivity contribution < 1.29 is 17.9 Å². The van der Waals surface area contributed by atoms with Gasteiger partial charge in [-0.25, -0.2) is 8.42 Å². The second-order valence-corrected chi connectivity index (χ2v) is 7.96. The summed E-state index contributed by atoms with van der Waals surface area (Å²) in [6.07, 6.45) is 0.833. The predicted molar refractivity (Wildman–Crippen MR) is 94.9 cm³/mol. The normalized spacial score (nSPS) is 12.9. The minimum Gasteiger partial charge on any atom is -0.492 e. The van der Waals surface area contributed by atoms with Gasteiger partial charge in [-0.2, -0.15) is 4.72 Å². The van der Waals surface area contributed by atoms with Crippen LogP contribution in [0.3, 0.4) is 0 Å². The average molecular weight is 377 g/mol. The second-order valence-electron chi connectivity index (χ2n) is 5.84. The van der Waals surface area contributed by atoms with Gasteiger partial charge in [-0.05, 0) is 44.4 Å². The molecule has 0 saturated heterocycles. The van der Waals surface area contributed by atoms with Crippen molar-refractivity contribution in [3.05, 3.63) is 23.2 Å². The number of hydrogen-bond donors (Lipinski definition) is 2. The molecule has 0 aliphatic carbocycles. The Kier molecular flexibility index (Phi) is 7.99. The van der Waals surface area contributed by atoms with Gasteiger partial charge in [0.05, 0.1) is 22.6 Å². The molecule has 0 radical (unpaired) electrons. The summed E-state index contributed by atoms with van der Waals surface area (Å²) in [7, 11) is -3.85.